The lowest BCUT2D eigenvalue weighted by molar-refractivity contribution is 0.211. The molecule has 0 atom stereocenters. The summed E-state index contributed by atoms with van der Waals surface area (Å²) in [5.74, 6) is 0.748. The highest BCUT2D eigenvalue weighted by Crippen LogP contribution is 2.33. The van der Waals surface area contributed by atoms with Crippen molar-refractivity contribution < 1.29 is 0 Å². The number of fused-ring (bicyclic) bond motifs is 1. The predicted octanol–water partition coefficient (Wildman–Crippen LogP) is 3.43. The molecule has 0 bridgehead atoms. The zero-order valence-electron chi connectivity index (χ0n) is 10.3. The Bertz CT molecular complexity index is 404. The molecule has 0 amide bonds. The average molecular weight is 250 g/mol. The van der Waals surface area contributed by atoms with Crippen LogP contribution >= 0.6 is 11.6 Å². The van der Waals surface area contributed by atoms with Gasteiger partial charge in [0.1, 0.15) is 0 Å². The first kappa shape index (κ1) is 11.6. The van der Waals surface area contributed by atoms with Crippen molar-refractivity contribution in [1.82, 2.24) is 5.32 Å². The molecule has 17 heavy (non-hydrogen) atoms. The summed E-state index contributed by atoms with van der Waals surface area (Å²) >= 11 is 6.06. The maximum absolute atomic E-state index is 6.06. The standard InChI is InChI=1S/C15H20ClN/c16-11-15(7-2-8-15)17-10-12-5-6-13-3-1-4-14(13)9-12/h5-6,9,17H,1-4,7-8,10-11H2. The number of rotatable bonds is 4. The van der Waals surface area contributed by atoms with Gasteiger partial charge in [0.25, 0.3) is 0 Å². The van der Waals surface area contributed by atoms with E-state index in [1.54, 1.807) is 11.1 Å². The molecule has 1 nitrogen and oxygen atoms in total. The molecule has 0 heterocycles. The third-order valence-corrected chi connectivity index (χ3v) is 4.91. The Hall–Kier alpha value is -0.530. The topological polar surface area (TPSA) is 12.0 Å². The third kappa shape index (κ3) is 2.23. The number of hydrogen-bond acceptors (Lipinski definition) is 1. The molecule has 0 aromatic heterocycles. The normalized spacial score (nSPS) is 21.0. The first-order chi connectivity index (χ1) is 8.31. The molecule has 1 fully saturated rings. The maximum Gasteiger partial charge on any atom is 0.0406 e. The third-order valence-electron chi connectivity index (χ3n) is 4.40. The maximum atomic E-state index is 6.06. The summed E-state index contributed by atoms with van der Waals surface area (Å²) in [6.45, 7) is 0.972. The number of aryl methyl sites for hydroxylation is 2. The minimum absolute atomic E-state index is 0.237. The Morgan fingerprint density at radius 3 is 2.65 bits per heavy atom. The van der Waals surface area contributed by atoms with E-state index in [2.05, 4.69) is 23.5 Å². The largest absolute Gasteiger partial charge is 0.306 e. The van der Waals surface area contributed by atoms with Crippen LogP contribution < -0.4 is 5.32 Å². The summed E-state index contributed by atoms with van der Waals surface area (Å²) in [6.07, 6.45) is 7.67. The van der Waals surface area contributed by atoms with Gasteiger partial charge in [-0.3, -0.25) is 0 Å². The molecule has 92 valence electrons. The fraction of sp³-hybridized carbons (Fsp3) is 0.600. The van der Waals surface area contributed by atoms with Crippen molar-refractivity contribution in [2.75, 3.05) is 5.88 Å². The fourth-order valence-corrected chi connectivity index (χ4v) is 3.35. The van der Waals surface area contributed by atoms with E-state index < -0.39 is 0 Å². The van der Waals surface area contributed by atoms with E-state index in [0.29, 0.717) is 0 Å². The Kier molecular flexibility index (Phi) is 3.14. The summed E-state index contributed by atoms with van der Waals surface area (Å²) in [4.78, 5) is 0. The SMILES string of the molecule is ClCC1(NCc2ccc3c(c2)CCC3)CCC1. The van der Waals surface area contributed by atoms with Crippen LogP contribution in [0.5, 0.6) is 0 Å². The van der Waals surface area contributed by atoms with E-state index in [1.165, 1.54) is 44.1 Å². The molecule has 2 aliphatic rings. The fourth-order valence-electron chi connectivity index (χ4n) is 2.99. The molecule has 1 N–H and O–H groups in total. The van der Waals surface area contributed by atoms with Crippen LogP contribution in [0.3, 0.4) is 0 Å². The molecule has 0 aliphatic heterocycles. The van der Waals surface area contributed by atoms with Gasteiger partial charge >= 0.3 is 0 Å². The molecule has 2 aliphatic carbocycles. The Labute approximate surface area is 109 Å². The van der Waals surface area contributed by atoms with Gasteiger partial charge in [0.15, 0.2) is 0 Å². The van der Waals surface area contributed by atoms with E-state index in [-0.39, 0.29) is 5.54 Å². The van der Waals surface area contributed by atoms with Crippen LogP contribution in [0.25, 0.3) is 0 Å². The van der Waals surface area contributed by atoms with Gasteiger partial charge in [-0.05, 0) is 55.2 Å². The van der Waals surface area contributed by atoms with Crippen LogP contribution in [0, 0.1) is 0 Å². The highest BCUT2D eigenvalue weighted by atomic mass is 35.5. The van der Waals surface area contributed by atoms with Crippen molar-refractivity contribution in [1.29, 1.82) is 0 Å². The van der Waals surface area contributed by atoms with E-state index in [9.17, 15) is 0 Å². The molecular formula is C15H20ClN. The van der Waals surface area contributed by atoms with Gasteiger partial charge in [-0.15, -0.1) is 11.6 Å². The van der Waals surface area contributed by atoms with Crippen molar-refractivity contribution >= 4 is 11.6 Å². The molecule has 1 aromatic carbocycles. The molecule has 1 aromatic rings. The number of benzene rings is 1. The van der Waals surface area contributed by atoms with E-state index >= 15 is 0 Å². The lowest BCUT2D eigenvalue weighted by atomic mass is 9.78. The highest BCUT2D eigenvalue weighted by Gasteiger charge is 2.35. The van der Waals surface area contributed by atoms with Gasteiger partial charge in [0.05, 0.1) is 0 Å². The minimum atomic E-state index is 0.237. The molecule has 3 rings (SSSR count). The van der Waals surface area contributed by atoms with Gasteiger partial charge in [0, 0.05) is 18.0 Å². The molecule has 0 radical (unpaired) electrons. The van der Waals surface area contributed by atoms with Crippen LogP contribution in [0.4, 0.5) is 0 Å². The van der Waals surface area contributed by atoms with Crippen molar-refractivity contribution in [2.45, 2.75) is 50.6 Å². The van der Waals surface area contributed by atoms with Gasteiger partial charge in [-0.2, -0.15) is 0 Å². The monoisotopic (exact) mass is 249 g/mol. The second-order valence-electron chi connectivity index (χ2n) is 5.58. The zero-order valence-corrected chi connectivity index (χ0v) is 11.0. The Morgan fingerprint density at radius 2 is 1.94 bits per heavy atom. The van der Waals surface area contributed by atoms with Crippen molar-refractivity contribution in [2.24, 2.45) is 0 Å². The van der Waals surface area contributed by atoms with Crippen LogP contribution in [0.1, 0.15) is 42.4 Å². The summed E-state index contributed by atoms with van der Waals surface area (Å²) in [6, 6.07) is 6.97. The second-order valence-corrected chi connectivity index (χ2v) is 5.84. The number of halogens is 1. The zero-order chi connectivity index (χ0) is 11.7. The lowest BCUT2D eigenvalue weighted by Crippen LogP contribution is -2.52. The summed E-state index contributed by atoms with van der Waals surface area (Å²) in [5, 5.41) is 3.66. The average Bonchev–Trinajstić information content (AvgIpc) is 2.75. The molecule has 0 unspecified atom stereocenters. The van der Waals surface area contributed by atoms with Crippen LogP contribution in [0.15, 0.2) is 18.2 Å². The quantitative estimate of drug-likeness (QED) is 0.807. The molecule has 0 saturated heterocycles. The van der Waals surface area contributed by atoms with Crippen molar-refractivity contribution in [3.05, 3.63) is 34.9 Å². The smallest absolute Gasteiger partial charge is 0.0406 e. The van der Waals surface area contributed by atoms with Crippen molar-refractivity contribution in [3.63, 3.8) is 0 Å². The van der Waals surface area contributed by atoms with Crippen LogP contribution in [-0.4, -0.2) is 11.4 Å². The molecule has 2 heteroatoms. The van der Waals surface area contributed by atoms with Gasteiger partial charge in [-0.1, -0.05) is 18.2 Å². The van der Waals surface area contributed by atoms with Crippen LogP contribution in [-0.2, 0) is 19.4 Å². The lowest BCUT2D eigenvalue weighted by Gasteiger charge is -2.41. The Balaban J connectivity index is 1.65. The molecule has 1 saturated carbocycles. The number of hydrogen-bond donors (Lipinski definition) is 1. The highest BCUT2D eigenvalue weighted by molar-refractivity contribution is 6.18. The van der Waals surface area contributed by atoms with Crippen molar-refractivity contribution in [3.8, 4) is 0 Å². The Morgan fingerprint density at radius 1 is 1.12 bits per heavy atom. The van der Waals surface area contributed by atoms with Gasteiger partial charge < -0.3 is 5.32 Å². The minimum Gasteiger partial charge on any atom is -0.306 e. The summed E-state index contributed by atoms with van der Waals surface area (Å²) < 4.78 is 0. The summed E-state index contributed by atoms with van der Waals surface area (Å²) in [7, 11) is 0. The molecule has 0 spiro atoms. The first-order valence-electron chi connectivity index (χ1n) is 6.73. The number of alkyl halides is 1. The van der Waals surface area contributed by atoms with Crippen LogP contribution in [0.2, 0.25) is 0 Å². The predicted molar refractivity (Wildman–Crippen MR) is 72.6 cm³/mol. The van der Waals surface area contributed by atoms with Gasteiger partial charge in [-0.25, -0.2) is 0 Å². The van der Waals surface area contributed by atoms with Gasteiger partial charge in [0.2, 0.25) is 0 Å². The number of nitrogens with one attached hydrogen (secondary N) is 1. The van der Waals surface area contributed by atoms with E-state index in [1.807, 2.05) is 0 Å². The van der Waals surface area contributed by atoms with E-state index in [4.69, 9.17) is 11.6 Å². The summed E-state index contributed by atoms with van der Waals surface area (Å²) in [5.41, 5.74) is 4.78. The first-order valence-corrected chi connectivity index (χ1v) is 7.26. The van der Waals surface area contributed by atoms with E-state index in [0.717, 1.165) is 12.4 Å². The second kappa shape index (κ2) is 4.62. The molecular weight excluding hydrogens is 230 g/mol.